The molecule has 1 aliphatic heterocycles. The predicted octanol–water partition coefficient (Wildman–Crippen LogP) is 2.16. The highest BCUT2D eigenvalue weighted by molar-refractivity contribution is 5.97. The first-order chi connectivity index (χ1) is 12.0. The van der Waals surface area contributed by atoms with Gasteiger partial charge in [0.05, 0.1) is 7.11 Å². The maximum Gasteiger partial charge on any atom is 0.410 e. The molecule has 0 saturated carbocycles. The summed E-state index contributed by atoms with van der Waals surface area (Å²) in [5.74, 6) is -0.257. The highest BCUT2D eigenvalue weighted by atomic mass is 16.5. The molecule has 1 fully saturated rings. The van der Waals surface area contributed by atoms with Crippen LogP contribution in [0.2, 0.25) is 0 Å². The molecule has 1 aliphatic rings. The summed E-state index contributed by atoms with van der Waals surface area (Å²) in [6.45, 7) is 4.40. The van der Waals surface area contributed by atoms with Crippen LogP contribution in [0.15, 0.2) is 36.9 Å². The van der Waals surface area contributed by atoms with Crippen LogP contribution >= 0.6 is 0 Å². The van der Waals surface area contributed by atoms with Crippen molar-refractivity contribution in [2.45, 2.75) is 18.9 Å². The Morgan fingerprint density at radius 1 is 1.24 bits per heavy atom. The van der Waals surface area contributed by atoms with E-state index in [0.717, 1.165) is 6.42 Å². The molecule has 0 spiro atoms. The third-order valence-corrected chi connectivity index (χ3v) is 3.78. The molecule has 25 heavy (non-hydrogen) atoms. The largest absolute Gasteiger partial charge is 0.453 e. The molecule has 1 heterocycles. The number of hydrogen-bond donors (Lipinski definition) is 3. The molecule has 134 valence electrons. The number of amides is 4. The van der Waals surface area contributed by atoms with Crippen LogP contribution in [0.5, 0.6) is 0 Å². The van der Waals surface area contributed by atoms with Crippen LogP contribution in [-0.2, 0) is 9.53 Å². The molecule has 0 aliphatic carbocycles. The van der Waals surface area contributed by atoms with Gasteiger partial charge < -0.3 is 20.7 Å². The number of likely N-dealkylation sites (tertiary alicyclic amines) is 1. The molecule has 0 unspecified atom stereocenters. The molecular formula is C17H22N4O4. The minimum Gasteiger partial charge on any atom is -0.453 e. The Morgan fingerprint density at radius 2 is 1.88 bits per heavy atom. The number of anilines is 2. The van der Waals surface area contributed by atoms with Crippen molar-refractivity contribution in [2.24, 2.45) is 0 Å². The van der Waals surface area contributed by atoms with Crippen LogP contribution in [0.3, 0.4) is 0 Å². The number of carbonyl (C=O) groups is 3. The molecule has 1 aromatic carbocycles. The third-order valence-electron chi connectivity index (χ3n) is 3.78. The summed E-state index contributed by atoms with van der Waals surface area (Å²) in [6, 6.07) is 5.84. The van der Waals surface area contributed by atoms with E-state index in [2.05, 4.69) is 22.5 Å². The van der Waals surface area contributed by atoms with E-state index in [1.165, 1.54) is 12.0 Å². The topological polar surface area (TPSA) is 99.8 Å². The second-order valence-electron chi connectivity index (χ2n) is 5.51. The highest BCUT2D eigenvalue weighted by Crippen LogP contribution is 2.20. The third kappa shape index (κ3) is 4.97. The van der Waals surface area contributed by atoms with E-state index in [1.807, 2.05) is 0 Å². The van der Waals surface area contributed by atoms with Crippen molar-refractivity contribution in [3.05, 3.63) is 36.9 Å². The first-order valence-corrected chi connectivity index (χ1v) is 7.96. The molecular weight excluding hydrogens is 324 g/mol. The van der Waals surface area contributed by atoms with Crippen LogP contribution in [0, 0.1) is 0 Å². The van der Waals surface area contributed by atoms with Gasteiger partial charge in [-0.25, -0.2) is 9.59 Å². The summed E-state index contributed by atoms with van der Waals surface area (Å²) in [7, 11) is 1.30. The predicted molar refractivity (Wildman–Crippen MR) is 94.4 cm³/mol. The van der Waals surface area contributed by atoms with E-state index < -0.39 is 12.1 Å². The van der Waals surface area contributed by atoms with E-state index >= 15 is 0 Å². The van der Waals surface area contributed by atoms with Gasteiger partial charge in [0.1, 0.15) is 6.04 Å². The van der Waals surface area contributed by atoms with Crippen molar-refractivity contribution in [2.75, 3.05) is 30.8 Å². The van der Waals surface area contributed by atoms with E-state index in [4.69, 9.17) is 4.74 Å². The Bertz CT molecular complexity index is 645. The van der Waals surface area contributed by atoms with Gasteiger partial charge in [-0.15, -0.1) is 6.58 Å². The van der Waals surface area contributed by atoms with Gasteiger partial charge in [-0.05, 0) is 37.1 Å². The average molecular weight is 346 g/mol. The minimum atomic E-state index is -0.532. The van der Waals surface area contributed by atoms with Crippen LogP contribution < -0.4 is 16.0 Å². The van der Waals surface area contributed by atoms with Crippen LogP contribution in [0.25, 0.3) is 0 Å². The fraction of sp³-hybridized carbons (Fsp3) is 0.353. The average Bonchev–Trinajstić information content (AvgIpc) is 3.11. The summed E-state index contributed by atoms with van der Waals surface area (Å²) in [5.41, 5.74) is 1.18. The Balaban J connectivity index is 1.92. The van der Waals surface area contributed by atoms with Gasteiger partial charge >= 0.3 is 12.1 Å². The molecule has 1 saturated heterocycles. The van der Waals surface area contributed by atoms with Gasteiger partial charge in [-0.1, -0.05) is 6.08 Å². The van der Waals surface area contributed by atoms with Crippen molar-refractivity contribution < 1.29 is 19.1 Å². The lowest BCUT2D eigenvalue weighted by Gasteiger charge is -2.22. The summed E-state index contributed by atoms with van der Waals surface area (Å²) in [4.78, 5) is 37.0. The first kappa shape index (κ1) is 18.3. The molecule has 1 aromatic rings. The second kappa shape index (κ2) is 8.72. The lowest BCUT2D eigenvalue weighted by molar-refractivity contribution is -0.119. The summed E-state index contributed by atoms with van der Waals surface area (Å²) in [5, 5.41) is 8.04. The maximum absolute atomic E-state index is 12.4. The number of hydrogen-bond acceptors (Lipinski definition) is 4. The van der Waals surface area contributed by atoms with Crippen molar-refractivity contribution in [3.63, 3.8) is 0 Å². The number of rotatable bonds is 5. The van der Waals surface area contributed by atoms with E-state index in [1.54, 1.807) is 30.3 Å². The van der Waals surface area contributed by atoms with Gasteiger partial charge in [0.15, 0.2) is 0 Å². The quantitative estimate of drug-likeness (QED) is 0.711. The molecule has 8 nitrogen and oxygen atoms in total. The number of ether oxygens (including phenoxy) is 1. The number of methoxy groups -OCH3 is 1. The summed E-state index contributed by atoms with van der Waals surface area (Å²) >= 11 is 0. The molecule has 0 bridgehead atoms. The lowest BCUT2D eigenvalue weighted by Crippen LogP contribution is -2.43. The number of carbonyl (C=O) groups excluding carboxylic acids is 3. The normalized spacial score (nSPS) is 16.0. The number of urea groups is 1. The molecule has 4 amide bonds. The lowest BCUT2D eigenvalue weighted by atomic mass is 10.2. The fourth-order valence-corrected chi connectivity index (χ4v) is 2.58. The molecule has 0 radical (unpaired) electrons. The second-order valence-corrected chi connectivity index (χ2v) is 5.51. The maximum atomic E-state index is 12.4. The first-order valence-electron chi connectivity index (χ1n) is 7.96. The Hall–Kier alpha value is -3.03. The molecule has 3 N–H and O–H groups in total. The smallest absolute Gasteiger partial charge is 0.410 e. The zero-order valence-corrected chi connectivity index (χ0v) is 14.1. The van der Waals surface area contributed by atoms with Crippen LogP contribution in [-0.4, -0.2) is 49.2 Å². The van der Waals surface area contributed by atoms with Gasteiger partial charge in [-0.2, -0.15) is 0 Å². The van der Waals surface area contributed by atoms with Crippen LogP contribution in [0.1, 0.15) is 12.8 Å². The van der Waals surface area contributed by atoms with Crippen molar-refractivity contribution in [1.29, 1.82) is 0 Å². The van der Waals surface area contributed by atoms with Gasteiger partial charge in [0.2, 0.25) is 5.91 Å². The molecule has 2 rings (SSSR count). The number of nitrogens with zero attached hydrogens (tertiary/aromatic N) is 1. The fourth-order valence-electron chi connectivity index (χ4n) is 2.58. The van der Waals surface area contributed by atoms with Crippen molar-refractivity contribution in [3.8, 4) is 0 Å². The molecule has 0 aromatic heterocycles. The van der Waals surface area contributed by atoms with E-state index in [9.17, 15) is 14.4 Å². The Morgan fingerprint density at radius 3 is 2.48 bits per heavy atom. The number of benzene rings is 1. The van der Waals surface area contributed by atoms with E-state index in [0.29, 0.717) is 30.9 Å². The van der Waals surface area contributed by atoms with Crippen LogP contribution in [0.4, 0.5) is 21.0 Å². The van der Waals surface area contributed by atoms with Crippen molar-refractivity contribution in [1.82, 2.24) is 10.2 Å². The van der Waals surface area contributed by atoms with E-state index in [-0.39, 0.29) is 11.9 Å². The monoisotopic (exact) mass is 346 g/mol. The zero-order chi connectivity index (χ0) is 18.2. The Labute approximate surface area is 146 Å². The van der Waals surface area contributed by atoms with Gasteiger partial charge in [0, 0.05) is 24.5 Å². The summed E-state index contributed by atoms with van der Waals surface area (Å²) < 4.78 is 4.70. The summed E-state index contributed by atoms with van der Waals surface area (Å²) in [6.07, 6.45) is 2.45. The minimum absolute atomic E-state index is 0.257. The van der Waals surface area contributed by atoms with Gasteiger partial charge in [-0.3, -0.25) is 9.69 Å². The van der Waals surface area contributed by atoms with Crippen molar-refractivity contribution >= 4 is 29.4 Å². The SMILES string of the molecule is C=CCNC(=O)Nc1ccc(NC(=O)[C@H]2CCCN2C(=O)OC)cc1. The molecule has 8 heteroatoms. The standard InChI is InChI=1S/C17H22N4O4/c1-3-10-18-16(23)20-13-8-6-12(7-9-13)19-15(22)14-5-4-11-21(14)17(24)25-2/h3,6-9,14H,1,4-5,10-11H2,2H3,(H,19,22)(H2,18,20,23)/t14-/m1/s1. The number of nitrogens with one attached hydrogen (secondary N) is 3. The van der Waals surface area contributed by atoms with Gasteiger partial charge in [0.25, 0.3) is 0 Å². The highest BCUT2D eigenvalue weighted by Gasteiger charge is 2.34. The molecule has 1 atom stereocenters. The Kier molecular flexibility index (Phi) is 6.39. The zero-order valence-electron chi connectivity index (χ0n) is 14.1.